The zero-order valence-corrected chi connectivity index (χ0v) is 14.5. The van der Waals surface area contributed by atoms with E-state index in [2.05, 4.69) is 15.0 Å². The zero-order valence-electron chi connectivity index (χ0n) is 14.5. The highest BCUT2D eigenvalue weighted by molar-refractivity contribution is 5.58. The average molecular weight is 339 g/mol. The van der Waals surface area contributed by atoms with E-state index >= 15 is 0 Å². The second-order valence-electron chi connectivity index (χ2n) is 6.38. The summed E-state index contributed by atoms with van der Waals surface area (Å²) in [6.07, 6.45) is 3.82. The molecule has 1 aliphatic heterocycles. The Morgan fingerprint density at radius 3 is 3.08 bits per heavy atom. The molecule has 3 heterocycles. The summed E-state index contributed by atoms with van der Waals surface area (Å²) in [7, 11) is 1.66. The summed E-state index contributed by atoms with van der Waals surface area (Å²) < 4.78 is 16.4. The van der Waals surface area contributed by atoms with Crippen molar-refractivity contribution < 1.29 is 13.7 Å². The van der Waals surface area contributed by atoms with Crippen molar-refractivity contribution in [3.8, 4) is 17.1 Å². The van der Waals surface area contributed by atoms with Gasteiger partial charge in [-0.15, -0.1) is 0 Å². The van der Waals surface area contributed by atoms with Gasteiger partial charge in [0.05, 0.1) is 19.9 Å². The Balaban J connectivity index is 1.50. The third kappa shape index (κ3) is 3.30. The average Bonchev–Trinajstić information content (AvgIpc) is 3.21. The van der Waals surface area contributed by atoms with Crippen LogP contribution in [-0.2, 0) is 19.5 Å². The van der Waals surface area contributed by atoms with E-state index in [0.29, 0.717) is 18.3 Å². The monoisotopic (exact) mass is 339 g/mol. The number of hydrogen-bond acceptors (Lipinski definition) is 6. The van der Waals surface area contributed by atoms with Crippen molar-refractivity contribution >= 4 is 0 Å². The molecule has 0 aliphatic carbocycles. The predicted octanol–water partition coefficient (Wildman–Crippen LogP) is 3.60. The highest BCUT2D eigenvalue weighted by atomic mass is 16.5. The topological polar surface area (TPSA) is 64.5 Å². The van der Waals surface area contributed by atoms with Crippen LogP contribution in [0.15, 0.2) is 39.5 Å². The van der Waals surface area contributed by atoms with Crippen LogP contribution in [0.25, 0.3) is 11.4 Å². The second kappa shape index (κ2) is 6.72. The fraction of sp³-hybridized carbons (Fsp3) is 0.368. The van der Waals surface area contributed by atoms with Gasteiger partial charge in [-0.2, -0.15) is 4.98 Å². The minimum absolute atomic E-state index is 0.590. The van der Waals surface area contributed by atoms with Gasteiger partial charge >= 0.3 is 0 Å². The molecule has 1 aliphatic rings. The van der Waals surface area contributed by atoms with Crippen LogP contribution in [-0.4, -0.2) is 28.7 Å². The van der Waals surface area contributed by atoms with Gasteiger partial charge in [-0.1, -0.05) is 17.3 Å². The number of fused-ring (bicyclic) bond motifs is 1. The molecule has 4 rings (SSSR count). The third-order valence-corrected chi connectivity index (χ3v) is 4.60. The number of benzene rings is 1. The summed E-state index contributed by atoms with van der Waals surface area (Å²) in [5, 5.41) is 4.13. The first-order valence-corrected chi connectivity index (χ1v) is 8.48. The summed E-state index contributed by atoms with van der Waals surface area (Å²) in [5.74, 6) is 3.14. The minimum atomic E-state index is 0.590. The SMILES string of the molecule is COc1cc(-c2noc(CN3CCCc4occc4C3)n2)ccc1C. The van der Waals surface area contributed by atoms with Crippen LogP contribution in [0.3, 0.4) is 0 Å². The molecule has 0 saturated heterocycles. The molecule has 0 radical (unpaired) electrons. The van der Waals surface area contributed by atoms with Gasteiger partial charge in [0.25, 0.3) is 0 Å². The van der Waals surface area contributed by atoms with E-state index in [9.17, 15) is 0 Å². The van der Waals surface area contributed by atoms with Crippen molar-refractivity contribution in [1.29, 1.82) is 0 Å². The molecule has 25 heavy (non-hydrogen) atoms. The zero-order chi connectivity index (χ0) is 17.2. The molecule has 0 bridgehead atoms. The molecule has 0 fully saturated rings. The summed E-state index contributed by atoms with van der Waals surface area (Å²) >= 11 is 0. The Hall–Kier alpha value is -2.60. The van der Waals surface area contributed by atoms with Crippen molar-refractivity contribution in [3.05, 3.63) is 53.3 Å². The quantitative estimate of drug-likeness (QED) is 0.724. The van der Waals surface area contributed by atoms with Crippen LogP contribution in [0.4, 0.5) is 0 Å². The van der Waals surface area contributed by atoms with Crippen molar-refractivity contribution in [2.45, 2.75) is 32.9 Å². The fourth-order valence-corrected chi connectivity index (χ4v) is 3.23. The van der Waals surface area contributed by atoms with Crippen molar-refractivity contribution in [3.63, 3.8) is 0 Å². The van der Waals surface area contributed by atoms with Crippen LogP contribution in [0.5, 0.6) is 5.75 Å². The number of aromatic nitrogens is 2. The minimum Gasteiger partial charge on any atom is -0.496 e. The van der Waals surface area contributed by atoms with Crippen LogP contribution >= 0.6 is 0 Å². The largest absolute Gasteiger partial charge is 0.496 e. The molecule has 0 amide bonds. The second-order valence-corrected chi connectivity index (χ2v) is 6.38. The number of aryl methyl sites for hydroxylation is 2. The van der Waals surface area contributed by atoms with Crippen molar-refractivity contribution in [1.82, 2.24) is 15.0 Å². The molecule has 3 aromatic rings. The van der Waals surface area contributed by atoms with Gasteiger partial charge in [0.2, 0.25) is 11.7 Å². The summed E-state index contributed by atoms with van der Waals surface area (Å²) in [4.78, 5) is 6.87. The summed E-state index contributed by atoms with van der Waals surface area (Å²) in [6.45, 7) is 4.48. The van der Waals surface area contributed by atoms with E-state index in [1.54, 1.807) is 13.4 Å². The first-order valence-electron chi connectivity index (χ1n) is 8.48. The maximum Gasteiger partial charge on any atom is 0.241 e. The molecule has 1 aromatic carbocycles. The Labute approximate surface area is 146 Å². The molecule has 2 aromatic heterocycles. The van der Waals surface area contributed by atoms with E-state index in [4.69, 9.17) is 13.7 Å². The summed E-state index contributed by atoms with van der Waals surface area (Å²) in [5.41, 5.74) is 3.22. The Bertz CT molecular complexity index is 868. The lowest BCUT2D eigenvalue weighted by atomic mass is 10.1. The molecule has 0 unspecified atom stereocenters. The first-order chi connectivity index (χ1) is 12.2. The number of nitrogens with zero attached hydrogens (tertiary/aromatic N) is 3. The van der Waals surface area contributed by atoms with E-state index < -0.39 is 0 Å². The van der Waals surface area contributed by atoms with E-state index in [1.807, 2.05) is 31.2 Å². The Morgan fingerprint density at radius 2 is 2.20 bits per heavy atom. The number of hydrogen-bond donors (Lipinski definition) is 0. The van der Waals surface area contributed by atoms with Crippen LogP contribution < -0.4 is 4.74 Å². The van der Waals surface area contributed by atoms with Gasteiger partial charge in [0.15, 0.2) is 0 Å². The molecule has 0 saturated carbocycles. The molecule has 6 heteroatoms. The molecule has 6 nitrogen and oxygen atoms in total. The lowest BCUT2D eigenvalue weighted by Crippen LogP contribution is -2.22. The van der Waals surface area contributed by atoms with Crippen LogP contribution in [0, 0.1) is 6.92 Å². The molecule has 0 spiro atoms. The highest BCUT2D eigenvalue weighted by Crippen LogP contribution is 2.26. The lowest BCUT2D eigenvalue weighted by molar-refractivity contribution is 0.222. The first kappa shape index (κ1) is 15.9. The van der Waals surface area contributed by atoms with E-state index in [1.165, 1.54) is 5.56 Å². The third-order valence-electron chi connectivity index (χ3n) is 4.60. The molecule has 0 atom stereocenters. The van der Waals surface area contributed by atoms with E-state index in [0.717, 1.165) is 48.6 Å². The Morgan fingerprint density at radius 1 is 1.28 bits per heavy atom. The highest BCUT2D eigenvalue weighted by Gasteiger charge is 2.19. The molecule has 130 valence electrons. The smallest absolute Gasteiger partial charge is 0.241 e. The van der Waals surface area contributed by atoms with Crippen LogP contribution in [0.2, 0.25) is 0 Å². The maximum absolute atomic E-state index is 5.54. The maximum atomic E-state index is 5.54. The van der Waals surface area contributed by atoms with Gasteiger partial charge < -0.3 is 13.7 Å². The standard InChI is InChI=1S/C19H21N3O3/c1-13-5-6-14(10-17(13)23-2)19-20-18(25-21-19)12-22-8-3-4-16-15(11-22)7-9-24-16/h5-7,9-10H,3-4,8,11-12H2,1-2H3. The fourth-order valence-electron chi connectivity index (χ4n) is 3.23. The molecule has 0 N–H and O–H groups in total. The van der Waals surface area contributed by atoms with Gasteiger partial charge in [-0.3, -0.25) is 4.90 Å². The lowest BCUT2D eigenvalue weighted by Gasteiger charge is -2.16. The predicted molar refractivity (Wildman–Crippen MR) is 92.2 cm³/mol. The van der Waals surface area contributed by atoms with E-state index in [-0.39, 0.29) is 0 Å². The van der Waals surface area contributed by atoms with Crippen LogP contribution in [0.1, 0.15) is 29.2 Å². The van der Waals surface area contributed by atoms with Gasteiger partial charge in [-0.25, -0.2) is 0 Å². The van der Waals surface area contributed by atoms with Crippen molar-refractivity contribution in [2.75, 3.05) is 13.7 Å². The number of furan rings is 1. The number of methoxy groups -OCH3 is 1. The van der Waals surface area contributed by atoms with Gasteiger partial charge in [0.1, 0.15) is 11.5 Å². The number of rotatable bonds is 4. The van der Waals surface area contributed by atoms with Crippen molar-refractivity contribution in [2.24, 2.45) is 0 Å². The molecular formula is C19H21N3O3. The van der Waals surface area contributed by atoms with Gasteiger partial charge in [-0.05, 0) is 37.6 Å². The Kier molecular flexibility index (Phi) is 4.28. The normalized spacial score (nSPS) is 15.0. The molecular weight excluding hydrogens is 318 g/mol. The summed E-state index contributed by atoms with van der Waals surface area (Å²) in [6, 6.07) is 7.97. The van der Waals surface area contributed by atoms with Gasteiger partial charge in [0, 0.05) is 24.1 Å². The number of ether oxygens (including phenoxy) is 1.